The van der Waals surface area contributed by atoms with E-state index in [1.165, 1.54) is 50.5 Å². The van der Waals surface area contributed by atoms with E-state index in [0.717, 1.165) is 45.4 Å². The van der Waals surface area contributed by atoms with E-state index in [-0.39, 0.29) is 5.91 Å². The molecule has 6 nitrogen and oxygen atoms in total. The first-order chi connectivity index (χ1) is 16.9. The molecule has 3 fully saturated rings. The molecule has 2 N–H and O–H groups in total. The van der Waals surface area contributed by atoms with Crippen molar-refractivity contribution >= 4 is 11.8 Å². The summed E-state index contributed by atoms with van der Waals surface area (Å²) in [5, 5.41) is 0. The minimum Gasteiger partial charge on any atom is -0.366 e. The Balaban J connectivity index is 1.35. The number of rotatable bonds is 11. The molecule has 0 spiro atoms. The van der Waals surface area contributed by atoms with Crippen molar-refractivity contribution in [2.45, 2.75) is 88.6 Å². The van der Waals surface area contributed by atoms with Crippen molar-refractivity contribution in [1.82, 2.24) is 14.7 Å². The smallest absolute Gasteiger partial charge is 0.248 e. The molecule has 4 rings (SSSR count). The normalized spacial score (nSPS) is 25.2. The summed E-state index contributed by atoms with van der Waals surface area (Å²) in [6, 6.07) is 9.10. The molecule has 35 heavy (non-hydrogen) atoms. The summed E-state index contributed by atoms with van der Waals surface area (Å²) >= 11 is 0. The number of hydrogen-bond acceptors (Lipinski definition) is 4. The van der Waals surface area contributed by atoms with Crippen LogP contribution in [0, 0.1) is 5.92 Å². The SMILES string of the molecule is CN(C)CCCC(=O)N(CCN1C2CCC1CC(c1cccc(C(N)=O)c1)C2)CC1CCCCC1. The Bertz CT molecular complexity index is 837. The van der Waals surface area contributed by atoms with Crippen LogP contribution < -0.4 is 5.73 Å². The zero-order chi connectivity index (χ0) is 24.8. The highest BCUT2D eigenvalue weighted by Gasteiger charge is 2.41. The fourth-order valence-electron chi connectivity index (χ4n) is 6.80. The van der Waals surface area contributed by atoms with Crippen molar-refractivity contribution in [3.63, 3.8) is 0 Å². The molecule has 2 amide bonds. The molecule has 2 saturated heterocycles. The van der Waals surface area contributed by atoms with Crippen molar-refractivity contribution in [3.8, 4) is 0 Å². The zero-order valence-corrected chi connectivity index (χ0v) is 22.0. The second-order valence-corrected chi connectivity index (χ2v) is 11.5. The Kier molecular flexibility index (Phi) is 9.23. The molecule has 0 aromatic heterocycles. The Hall–Kier alpha value is -1.92. The van der Waals surface area contributed by atoms with Gasteiger partial charge in [0.1, 0.15) is 0 Å². The van der Waals surface area contributed by atoms with E-state index in [4.69, 9.17) is 5.73 Å². The molecule has 2 atom stereocenters. The van der Waals surface area contributed by atoms with Gasteiger partial charge in [0, 0.05) is 43.7 Å². The number of primary amides is 1. The van der Waals surface area contributed by atoms with E-state index in [0.29, 0.717) is 41.8 Å². The van der Waals surface area contributed by atoms with Gasteiger partial charge in [0.15, 0.2) is 0 Å². The predicted octanol–water partition coefficient (Wildman–Crippen LogP) is 4.25. The Labute approximate surface area is 212 Å². The van der Waals surface area contributed by atoms with E-state index >= 15 is 0 Å². The van der Waals surface area contributed by atoms with Gasteiger partial charge < -0.3 is 15.5 Å². The Morgan fingerprint density at radius 3 is 2.37 bits per heavy atom. The van der Waals surface area contributed by atoms with Gasteiger partial charge in [-0.15, -0.1) is 0 Å². The molecule has 3 aliphatic rings. The highest BCUT2D eigenvalue weighted by Crippen LogP contribution is 2.43. The third kappa shape index (κ3) is 7.07. The van der Waals surface area contributed by atoms with Crippen molar-refractivity contribution < 1.29 is 9.59 Å². The van der Waals surface area contributed by atoms with Gasteiger partial charge in [0.05, 0.1) is 0 Å². The van der Waals surface area contributed by atoms with Crippen LogP contribution in [-0.2, 0) is 4.79 Å². The fraction of sp³-hybridized carbons (Fsp3) is 0.724. The maximum Gasteiger partial charge on any atom is 0.248 e. The highest BCUT2D eigenvalue weighted by molar-refractivity contribution is 5.92. The van der Waals surface area contributed by atoms with Crippen molar-refractivity contribution in [3.05, 3.63) is 35.4 Å². The van der Waals surface area contributed by atoms with Gasteiger partial charge in [0.2, 0.25) is 11.8 Å². The first-order valence-electron chi connectivity index (χ1n) is 14.0. The van der Waals surface area contributed by atoms with Gasteiger partial charge in [-0.05, 0) is 95.1 Å². The van der Waals surface area contributed by atoms with E-state index in [2.05, 4.69) is 34.9 Å². The van der Waals surface area contributed by atoms with Crippen molar-refractivity contribution in [1.29, 1.82) is 0 Å². The molecular weight excluding hydrogens is 436 g/mol. The molecule has 2 aliphatic heterocycles. The van der Waals surface area contributed by atoms with Crippen LogP contribution in [0.4, 0.5) is 0 Å². The van der Waals surface area contributed by atoms with E-state index in [1.54, 1.807) is 0 Å². The molecule has 1 saturated carbocycles. The van der Waals surface area contributed by atoms with Gasteiger partial charge in [0.25, 0.3) is 0 Å². The first kappa shape index (κ1) is 26.2. The summed E-state index contributed by atoms with van der Waals surface area (Å²) in [6.07, 6.45) is 12.9. The second-order valence-electron chi connectivity index (χ2n) is 11.5. The number of carbonyl (C=O) groups excluding carboxylic acids is 2. The lowest BCUT2D eigenvalue weighted by Crippen LogP contribution is -2.47. The van der Waals surface area contributed by atoms with Crippen molar-refractivity contribution in [2.24, 2.45) is 11.7 Å². The molecule has 194 valence electrons. The van der Waals surface area contributed by atoms with Gasteiger partial charge >= 0.3 is 0 Å². The Morgan fingerprint density at radius 1 is 1.00 bits per heavy atom. The molecule has 2 heterocycles. The minimum absolute atomic E-state index is 0.347. The standard InChI is InChI=1S/C29H46N4O2/c1-31(2)15-7-12-28(34)32(21-22-8-4-3-5-9-22)16-17-33-26-13-14-27(33)20-25(19-26)23-10-6-11-24(18-23)29(30)35/h6,10-11,18,22,25-27H,3-5,7-9,12-17,19-21H2,1-2H3,(H2,30,35). The summed E-state index contributed by atoms with van der Waals surface area (Å²) in [5.41, 5.74) is 7.40. The number of benzene rings is 1. The van der Waals surface area contributed by atoms with Gasteiger partial charge in [-0.25, -0.2) is 0 Å². The molecule has 1 aromatic carbocycles. The first-order valence-corrected chi connectivity index (χ1v) is 14.0. The number of nitrogens with two attached hydrogens (primary N) is 1. The number of hydrogen-bond donors (Lipinski definition) is 1. The minimum atomic E-state index is -0.347. The van der Waals surface area contributed by atoms with Crippen LogP contribution in [0.3, 0.4) is 0 Å². The van der Waals surface area contributed by atoms with Crippen LogP contribution in [0.15, 0.2) is 24.3 Å². The molecule has 6 heteroatoms. The monoisotopic (exact) mass is 482 g/mol. The molecule has 2 unspecified atom stereocenters. The van der Waals surface area contributed by atoms with Crippen LogP contribution in [0.25, 0.3) is 0 Å². The highest BCUT2D eigenvalue weighted by atomic mass is 16.2. The van der Waals surface area contributed by atoms with E-state index in [9.17, 15) is 9.59 Å². The average Bonchev–Trinajstić information content (AvgIpc) is 3.08. The maximum absolute atomic E-state index is 13.2. The third-order valence-electron chi connectivity index (χ3n) is 8.71. The number of piperidine rings is 1. The number of carbonyl (C=O) groups is 2. The Morgan fingerprint density at radius 2 is 1.71 bits per heavy atom. The molecule has 2 bridgehead atoms. The second kappa shape index (κ2) is 12.4. The lowest BCUT2D eigenvalue weighted by molar-refractivity contribution is -0.132. The molecule has 1 aliphatic carbocycles. The predicted molar refractivity (Wildman–Crippen MR) is 141 cm³/mol. The fourth-order valence-corrected chi connectivity index (χ4v) is 6.80. The van der Waals surface area contributed by atoms with Crippen LogP contribution in [0.1, 0.15) is 92.5 Å². The number of amides is 2. The van der Waals surface area contributed by atoms with Crippen LogP contribution in [0.2, 0.25) is 0 Å². The number of nitrogens with zero attached hydrogens (tertiary/aromatic N) is 3. The van der Waals surface area contributed by atoms with Gasteiger partial charge in [-0.1, -0.05) is 31.4 Å². The summed E-state index contributed by atoms with van der Waals surface area (Å²) in [7, 11) is 4.15. The van der Waals surface area contributed by atoms with Crippen LogP contribution >= 0.6 is 0 Å². The molecular formula is C29H46N4O2. The quantitative estimate of drug-likeness (QED) is 0.512. The maximum atomic E-state index is 13.2. The van der Waals surface area contributed by atoms with E-state index in [1.807, 2.05) is 18.2 Å². The van der Waals surface area contributed by atoms with E-state index < -0.39 is 0 Å². The average molecular weight is 483 g/mol. The lowest BCUT2D eigenvalue weighted by Gasteiger charge is -2.40. The van der Waals surface area contributed by atoms with Gasteiger partial charge in [-0.2, -0.15) is 0 Å². The lowest BCUT2D eigenvalue weighted by atomic mass is 9.84. The summed E-state index contributed by atoms with van der Waals surface area (Å²) in [5.74, 6) is 1.18. The topological polar surface area (TPSA) is 69.9 Å². The summed E-state index contributed by atoms with van der Waals surface area (Å²) in [6.45, 7) is 3.78. The third-order valence-corrected chi connectivity index (χ3v) is 8.71. The van der Waals surface area contributed by atoms with Crippen molar-refractivity contribution in [2.75, 3.05) is 40.3 Å². The molecule has 1 aromatic rings. The number of fused-ring (bicyclic) bond motifs is 2. The van der Waals surface area contributed by atoms with Crippen LogP contribution in [0.5, 0.6) is 0 Å². The molecule has 0 radical (unpaired) electrons. The summed E-state index contributed by atoms with van der Waals surface area (Å²) < 4.78 is 0. The zero-order valence-electron chi connectivity index (χ0n) is 22.0. The summed E-state index contributed by atoms with van der Waals surface area (Å²) in [4.78, 5) is 32.0. The largest absolute Gasteiger partial charge is 0.366 e. The van der Waals surface area contributed by atoms with Crippen LogP contribution in [-0.4, -0.2) is 78.9 Å². The van der Waals surface area contributed by atoms with Gasteiger partial charge in [-0.3, -0.25) is 14.5 Å².